The van der Waals surface area contributed by atoms with Gasteiger partial charge in [0, 0.05) is 37.5 Å². The van der Waals surface area contributed by atoms with Crippen molar-refractivity contribution in [3.8, 4) is 5.75 Å². The Morgan fingerprint density at radius 1 is 1.12 bits per heavy atom. The molecule has 1 fully saturated rings. The highest BCUT2D eigenvalue weighted by Gasteiger charge is 2.35. The predicted octanol–water partition coefficient (Wildman–Crippen LogP) is 4.44. The minimum atomic E-state index is -0.807. The third kappa shape index (κ3) is 9.25. The molecule has 0 bridgehead atoms. The molecule has 234 valence electrons. The van der Waals surface area contributed by atoms with Crippen molar-refractivity contribution in [3.63, 3.8) is 0 Å². The van der Waals surface area contributed by atoms with Gasteiger partial charge in [-0.25, -0.2) is 14.4 Å². The van der Waals surface area contributed by atoms with Gasteiger partial charge in [0.1, 0.15) is 23.5 Å². The van der Waals surface area contributed by atoms with Gasteiger partial charge in [0.2, 0.25) is 5.91 Å². The van der Waals surface area contributed by atoms with E-state index in [0.717, 1.165) is 23.3 Å². The van der Waals surface area contributed by atoms with Gasteiger partial charge in [-0.05, 0) is 64.5 Å². The summed E-state index contributed by atoms with van der Waals surface area (Å²) in [5.74, 6) is 0.120. The van der Waals surface area contributed by atoms with E-state index in [2.05, 4.69) is 11.4 Å². The first-order valence-corrected chi connectivity index (χ1v) is 14.8. The average molecular weight is 590 g/mol. The van der Waals surface area contributed by atoms with Crippen molar-refractivity contribution in [2.45, 2.75) is 104 Å². The van der Waals surface area contributed by atoms with Crippen LogP contribution in [-0.2, 0) is 36.8 Å². The summed E-state index contributed by atoms with van der Waals surface area (Å²) in [6.07, 6.45) is 1.69. The zero-order valence-corrected chi connectivity index (χ0v) is 26.1. The Bertz CT molecular complexity index is 1120. The largest absolute Gasteiger partial charge is 0.488 e. The Morgan fingerprint density at radius 2 is 1.86 bits per heavy atom. The maximum absolute atomic E-state index is 13.0. The van der Waals surface area contributed by atoms with E-state index < -0.39 is 23.7 Å². The quantitative estimate of drug-likeness (QED) is 0.241. The number of carbonyl (C=O) groups is 4. The maximum atomic E-state index is 13.0. The smallest absolute Gasteiger partial charge is 0.409 e. The molecule has 1 aromatic rings. The number of unbranched alkanes of at least 4 members (excludes halogenated alkanes) is 1. The Morgan fingerprint density at radius 3 is 2.52 bits per heavy atom. The molecule has 3 amide bonds. The van der Waals surface area contributed by atoms with Crippen LogP contribution in [0.15, 0.2) is 18.2 Å². The van der Waals surface area contributed by atoms with Crippen LogP contribution in [0.5, 0.6) is 5.75 Å². The van der Waals surface area contributed by atoms with Crippen LogP contribution in [-0.4, -0.2) is 84.5 Å². The van der Waals surface area contributed by atoms with Crippen LogP contribution >= 0.6 is 0 Å². The topological polar surface area (TPSA) is 124 Å². The van der Waals surface area contributed by atoms with Gasteiger partial charge in [-0.3, -0.25) is 4.79 Å². The second kappa shape index (κ2) is 14.6. The molecule has 3 rings (SSSR count). The van der Waals surface area contributed by atoms with E-state index in [-0.39, 0.29) is 36.7 Å². The fraction of sp³-hybridized carbons (Fsp3) is 0.677. The zero-order valence-electron chi connectivity index (χ0n) is 26.1. The van der Waals surface area contributed by atoms with E-state index in [1.807, 2.05) is 37.8 Å². The fourth-order valence-corrected chi connectivity index (χ4v) is 5.22. The van der Waals surface area contributed by atoms with Gasteiger partial charge in [-0.2, -0.15) is 0 Å². The number of hydrogen-bond donors (Lipinski definition) is 1. The highest BCUT2D eigenvalue weighted by Crippen LogP contribution is 2.31. The molecular formula is C31H47N3O8. The third-order valence-corrected chi connectivity index (χ3v) is 7.44. The van der Waals surface area contributed by atoms with Crippen molar-refractivity contribution in [1.82, 2.24) is 15.1 Å². The van der Waals surface area contributed by atoms with Crippen LogP contribution in [0, 0.1) is 5.92 Å². The van der Waals surface area contributed by atoms with Gasteiger partial charge in [-0.15, -0.1) is 0 Å². The summed E-state index contributed by atoms with van der Waals surface area (Å²) in [4.78, 5) is 53.3. The molecule has 1 N–H and O–H groups in total. The first kappa shape index (κ1) is 33.0. The lowest BCUT2D eigenvalue weighted by Crippen LogP contribution is -2.47. The number of nitrogens with one attached hydrogen (secondary N) is 1. The van der Waals surface area contributed by atoms with E-state index in [1.54, 1.807) is 25.7 Å². The van der Waals surface area contributed by atoms with E-state index in [9.17, 15) is 19.2 Å². The fourth-order valence-electron chi connectivity index (χ4n) is 5.22. The molecule has 2 heterocycles. The molecule has 3 atom stereocenters. The molecule has 2 aliphatic rings. The SMILES string of the molecule is COC(=O)N1C[C@H](Oc2cccc3c2CN(C(=O)CCCCOC(=O)N[C@H](C(=O)OC(C)(C)C)C(C)C)CC3)C[C@H]1C. The molecule has 0 spiro atoms. The molecule has 0 unspecified atom stereocenters. The molecule has 0 aromatic heterocycles. The van der Waals surface area contributed by atoms with Gasteiger partial charge in [0.25, 0.3) is 0 Å². The van der Waals surface area contributed by atoms with E-state index in [0.29, 0.717) is 45.3 Å². The summed E-state index contributed by atoms with van der Waals surface area (Å²) >= 11 is 0. The lowest BCUT2D eigenvalue weighted by molar-refractivity contribution is -0.158. The predicted molar refractivity (Wildman–Crippen MR) is 156 cm³/mol. The van der Waals surface area contributed by atoms with Crippen LogP contribution < -0.4 is 10.1 Å². The molecule has 1 aromatic carbocycles. The first-order chi connectivity index (χ1) is 19.8. The second-order valence-electron chi connectivity index (χ2n) is 12.4. The number of alkyl carbamates (subject to hydrolysis) is 1. The molecule has 2 aliphatic heterocycles. The number of nitrogens with zero attached hydrogens (tertiary/aromatic N) is 2. The number of ether oxygens (including phenoxy) is 4. The van der Waals surface area contributed by atoms with Crippen molar-refractivity contribution >= 4 is 24.1 Å². The Labute approximate surface area is 249 Å². The van der Waals surface area contributed by atoms with Crippen molar-refractivity contribution in [2.24, 2.45) is 5.92 Å². The number of likely N-dealkylation sites (tertiary alicyclic amines) is 1. The van der Waals surface area contributed by atoms with Gasteiger partial charge in [0.15, 0.2) is 0 Å². The number of methoxy groups -OCH3 is 1. The van der Waals surface area contributed by atoms with Crippen LogP contribution in [0.25, 0.3) is 0 Å². The molecule has 0 saturated carbocycles. The monoisotopic (exact) mass is 589 g/mol. The van der Waals surface area contributed by atoms with Crippen LogP contribution in [0.3, 0.4) is 0 Å². The van der Waals surface area contributed by atoms with E-state index in [4.69, 9.17) is 18.9 Å². The van der Waals surface area contributed by atoms with E-state index in [1.165, 1.54) is 7.11 Å². The Kier molecular flexibility index (Phi) is 11.5. The normalized spacial score (nSPS) is 19.1. The Hall–Kier alpha value is -3.50. The summed E-state index contributed by atoms with van der Waals surface area (Å²) in [7, 11) is 1.38. The maximum Gasteiger partial charge on any atom is 0.409 e. The highest BCUT2D eigenvalue weighted by atomic mass is 16.6. The highest BCUT2D eigenvalue weighted by molar-refractivity contribution is 5.82. The molecule has 11 nitrogen and oxygen atoms in total. The summed E-state index contributed by atoms with van der Waals surface area (Å²) < 4.78 is 21.9. The number of hydrogen-bond acceptors (Lipinski definition) is 8. The van der Waals surface area contributed by atoms with E-state index >= 15 is 0 Å². The van der Waals surface area contributed by atoms with Crippen molar-refractivity contribution < 1.29 is 38.1 Å². The Balaban J connectivity index is 1.44. The number of benzene rings is 1. The summed E-state index contributed by atoms with van der Waals surface area (Å²) in [6.45, 7) is 12.6. The van der Waals surface area contributed by atoms with Gasteiger partial charge < -0.3 is 34.1 Å². The summed E-state index contributed by atoms with van der Waals surface area (Å²) in [6, 6.07) is 5.18. The molecule has 1 saturated heterocycles. The second-order valence-corrected chi connectivity index (χ2v) is 12.4. The number of esters is 1. The van der Waals surface area contributed by atoms with Crippen molar-refractivity contribution in [3.05, 3.63) is 29.3 Å². The van der Waals surface area contributed by atoms with Gasteiger partial charge >= 0.3 is 18.2 Å². The minimum Gasteiger partial charge on any atom is -0.488 e. The lowest BCUT2D eigenvalue weighted by Gasteiger charge is -2.31. The average Bonchev–Trinajstić information content (AvgIpc) is 3.29. The summed E-state index contributed by atoms with van der Waals surface area (Å²) in [5.41, 5.74) is 1.51. The third-order valence-electron chi connectivity index (χ3n) is 7.44. The minimum absolute atomic E-state index is 0.0247. The van der Waals surface area contributed by atoms with Gasteiger partial charge in [0.05, 0.1) is 20.3 Å². The number of amides is 3. The molecule has 0 aliphatic carbocycles. The summed E-state index contributed by atoms with van der Waals surface area (Å²) in [5, 5.41) is 2.60. The van der Waals surface area contributed by atoms with Crippen LogP contribution in [0.1, 0.15) is 78.4 Å². The molecule has 11 heteroatoms. The van der Waals surface area contributed by atoms with Crippen molar-refractivity contribution in [2.75, 3.05) is 26.8 Å². The lowest BCUT2D eigenvalue weighted by atomic mass is 9.98. The standard InChI is InChI=1S/C31H47N3O8/c1-20(2)27(28(36)42-31(4,5)6)32-29(37)40-16-9-8-13-26(35)33-15-14-22-11-10-12-25(24(22)19-33)41-23-17-21(3)34(18-23)30(38)39-7/h10-12,20-21,23,27H,8-9,13-19H2,1-7H3,(H,32,37)/t21-,23-,27+/m1/s1. The van der Waals surface area contributed by atoms with Crippen LogP contribution in [0.4, 0.5) is 9.59 Å². The number of rotatable bonds is 10. The molecule has 42 heavy (non-hydrogen) atoms. The molecular weight excluding hydrogens is 542 g/mol. The van der Waals surface area contributed by atoms with Crippen molar-refractivity contribution in [1.29, 1.82) is 0 Å². The molecule has 0 radical (unpaired) electrons. The first-order valence-electron chi connectivity index (χ1n) is 14.8. The van der Waals surface area contributed by atoms with Crippen LogP contribution in [0.2, 0.25) is 0 Å². The number of fused-ring (bicyclic) bond motifs is 1. The number of carbonyl (C=O) groups excluding carboxylic acids is 4. The zero-order chi connectivity index (χ0) is 31.0. The van der Waals surface area contributed by atoms with Gasteiger partial charge in [-0.1, -0.05) is 26.0 Å².